The molecule has 0 amide bonds. The van der Waals surface area contributed by atoms with E-state index in [4.69, 9.17) is 11.5 Å². The summed E-state index contributed by atoms with van der Waals surface area (Å²) in [6.45, 7) is 1.83. The molecule has 7 heteroatoms. The van der Waals surface area contributed by atoms with Gasteiger partial charge in [0.25, 0.3) is 0 Å². The van der Waals surface area contributed by atoms with Gasteiger partial charge in [0.2, 0.25) is 0 Å². The minimum atomic E-state index is -0.573. The van der Waals surface area contributed by atoms with Crippen LogP contribution in [0.5, 0.6) is 5.75 Å². The molecule has 1 aromatic heterocycles. The number of likely N-dealkylation sites (tertiary alicyclic amines) is 1. The predicted octanol–water partition coefficient (Wildman–Crippen LogP) is 0.489. The van der Waals surface area contributed by atoms with Crippen molar-refractivity contribution in [3.63, 3.8) is 0 Å². The van der Waals surface area contributed by atoms with Crippen molar-refractivity contribution >= 4 is 0 Å². The monoisotopic (exact) mass is 291 g/mol. The first-order valence-electron chi connectivity index (χ1n) is 7.23. The van der Waals surface area contributed by atoms with E-state index in [2.05, 4.69) is 15.1 Å². The lowest BCUT2D eigenvalue weighted by Gasteiger charge is -2.32. The summed E-state index contributed by atoms with van der Waals surface area (Å²) in [6, 6.07) is 2.56. The van der Waals surface area contributed by atoms with Crippen molar-refractivity contribution in [3.8, 4) is 5.75 Å². The van der Waals surface area contributed by atoms with Gasteiger partial charge in [-0.1, -0.05) is 5.18 Å². The minimum Gasteiger partial charge on any atom is -0.506 e. The van der Waals surface area contributed by atoms with E-state index in [-0.39, 0.29) is 16.8 Å². The molecule has 114 valence electrons. The lowest BCUT2D eigenvalue weighted by molar-refractivity contribution is 0.281. The SMILES string of the molecule is N[C@@]12CCC[C@]1(N)CN(CC(N=O)c1ccc(O)cn1)C2. The number of pyridine rings is 1. The van der Waals surface area contributed by atoms with Crippen LogP contribution in [0.25, 0.3) is 0 Å². The van der Waals surface area contributed by atoms with Gasteiger partial charge in [-0.25, -0.2) is 0 Å². The Hall–Kier alpha value is -1.57. The number of aromatic nitrogens is 1. The highest BCUT2D eigenvalue weighted by molar-refractivity contribution is 5.22. The lowest BCUT2D eigenvalue weighted by atomic mass is 9.85. The normalized spacial score (nSPS) is 33.8. The van der Waals surface area contributed by atoms with E-state index >= 15 is 0 Å². The lowest BCUT2D eigenvalue weighted by Crippen LogP contribution is -2.61. The molecule has 2 aliphatic rings. The molecular weight excluding hydrogens is 270 g/mol. The van der Waals surface area contributed by atoms with Crippen molar-refractivity contribution in [1.29, 1.82) is 0 Å². The Balaban J connectivity index is 1.71. The number of fused-ring (bicyclic) bond motifs is 1. The summed E-state index contributed by atoms with van der Waals surface area (Å²) < 4.78 is 0. The Morgan fingerprint density at radius 2 is 2.00 bits per heavy atom. The van der Waals surface area contributed by atoms with Crippen molar-refractivity contribution in [3.05, 3.63) is 28.9 Å². The van der Waals surface area contributed by atoms with Gasteiger partial charge < -0.3 is 16.6 Å². The molecule has 1 aliphatic heterocycles. The highest BCUT2D eigenvalue weighted by Gasteiger charge is 2.56. The predicted molar refractivity (Wildman–Crippen MR) is 78.6 cm³/mol. The topological polar surface area (TPSA) is 118 Å². The van der Waals surface area contributed by atoms with Gasteiger partial charge in [-0.05, 0) is 31.4 Å². The van der Waals surface area contributed by atoms with Gasteiger partial charge in [0.15, 0.2) is 0 Å². The van der Waals surface area contributed by atoms with Gasteiger partial charge in [0.05, 0.1) is 11.9 Å². The largest absolute Gasteiger partial charge is 0.506 e. The third kappa shape index (κ3) is 2.41. The molecule has 0 radical (unpaired) electrons. The van der Waals surface area contributed by atoms with E-state index in [1.165, 1.54) is 12.3 Å². The molecule has 0 aromatic carbocycles. The van der Waals surface area contributed by atoms with Gasteiger partial charge in [0, 0.05) is 30.7 Å². The molecule has 3 atom stereocenters. The van der Waals surface area contributed by atoms with Crippen LogP contribution in [0.4, 0.5) is 0 Å². The van der Waals surface area contributed by atoms with Gasteiger partial charge in [0.1, 0.15) is 11.8 Å². The molecular formula is C14H21N5O2. The zero-order chi connectivity index (χ0) is 15.1. The maximum Gasteiger partial charge on any atom is 0.146 e. The number of nitroso groups, excluding NO2 is 1. The van der Waals surface area contributed by atoms with Gasteiger partial charge in [-0.2, -0.15) is 4.91 Å². The third-order valence-electron chi connectivity index (χ3n) is 4.92. The molecule has 2 heterocycles. The van der Waals surface area contributed by atoms with Crippen molar-refractivity contribution in [2.75, 3.05) is 19.6 Å². The number of hydrogen-bond donors (Lipinski definition) is 3. The second-order valence-corrected chi connectivity index (χ2v) is 6.40. The molecule has 21 heavy (non-hydrogen) atoms. The standard InChI is InChI=1S/C14H21N5O2/c15-13-4-1-5-14(13,16)9-19(8-13)7-12(18-21)11-3-2-10(20)6-17-11/h2-3,6,12,20H,1,4-5,7-9,15-16H2/t12?,13-,14+. The van der Waals surface area contributed by atoms with Crippen LogP contribution < -0.4 is 11.5 Å². The summed E-state index contributed by atoms with van der Waals surface area (Å²) in [7, 11) is 0. The highest BCUT2D eigenvalue weighted by Crippen LogP contribution is 2.42. The Morgan fingerprint density at radius 3 is 2.52 bits per heavy atom. The summed E-state index contributed by atoms with van der Waals surface area (Å²) in [5.74, 6) is 0.0703. The molecule has 1 saturated heterocycles. The Kier molecular flexibility index (Phi) is 3.43. The van der Waals surface area contributed by atoms with E-state index in [0.717, 1.165) is 19.3 Å². The van der Waals surface area contributed by atoms with Gasteiger partial charge in [-0.15, -0.1) is 0 Å². The maximum absolute atomic E-state index is 11.1. The molecule has 5 N–H and O–H groups in total. The zero-order valence-electron chi connectivity index (χ0n) is 11.9. The molecule has 3 rings (SSSR count). The zero-order valence-corrected chi connectivity index (χ0v) is 11.9. The summed E-state index contributed by atoms with van der Waals surface area (Å²) in [5, 5.41) is 12.4. The summed E-state index contributed by atoms with van der Waals surface area (Å²) in [5.41, 5.74) is 12.7. The van der Waals surface area contributed by atoms with E-state index in [1.54, 1.807) is 6.07 Å². The first kappa shape index (κ1) is 14.4. The Labute approximate surface area is 123 Å². The average molecular weight is 291 g/mol. The summed E-state index contributed by atoms with van der Waals surface area (Å²) >= 11 is 0. The van der Waals surface area contributed by atoms with Crippen LogP contribution in [0.2, 0.25) is 0 Å². The Morgan fingerprint density at radius 1 is 1.33 bits per heavy atom. The van der Waals surface area contributed by atoms with Crippen LogP contribution in [-0.4, -0.2) is 45.7 Å². The van der Waals surface area contributed by atoms with Gasteiger partial charge >= 0.3 is 0 Å². The van der Waals surface area contributed by atoms with Crippen LogP contribution in [-0.2, 0) is 0 Å². The van der Waals surface area contributed by atoms with Crippen molar-refractivity contribution < 1.29 is 5.11 Å². The molecule has 1 saturated carbocycles. The van der Waals surface area contributed by atoms with E-state index in [1.807, 2.05) is 0 Å². The van der Waals surface area contributed by atoms with Crippen molar-refractivity contribution in [1.82, 2.24) is 9.88 Å². The number of rotatable bonds is 4. The van der Waals surface area contributed by atoms with E-state index in [0.29, 0.717) is 25.3 Å². The van der Waals surface area contributed by atoms with Crippen LogP contribution in [0.1, 0.15) is 31.0 Å². The van der Waals surface area contributed by atoms with Gasteiger partial charge in [-0.3, -0.25) is 9.88 Å². The van der Waals surface area contributed by atoms with Crippen LogP contribution >= 0.6 is 0 Å². The fourth-order valence-electron chi connectivity index (χ4n) is 3.69. The number of hydrogen-bond acceptors (Lipinski definition) is 7. The number of nitrogens with zero attached hydrogens (tertiary/aromatic N) is 3. The molecule has 1 unspecified atom stereocenters. The molecule has 2 fully saturated rings. The first-order valence-corrected chi connectivity index (χ1v) is 7.23. The van der Waals surface area contributed by atoms with E-state index < -0.39 is 6.04 Å². The number of aromatic hydroxyl groups is 1. The van der Waals surface area contributed by atoms with E-state index in [9.17, 15) is 10.0 Å². The first-order chi connectivity index (χ1) is 9.96. The fourth-order valence-corrected chi connectivity index (χ4v) is 3.69. The molecule has 1 aliphatic carbocycles. The maximum atomic E-state index is 11.1. The molecule has 0 bridgehead atoms. The van der Waals surface area contributed by atoms with Crippen LogP contribution in [0.15, 0.2) is 23.5 Å². The smallest absolute Gasteiger partial charge is 0.146 e. The number of nitrogens with two attached hydrogens (primary N) is 2. The molecule has 0 spiro atoms. The van der Waals surface area contributed by atoms with Crippen molar-refractivity contribution in [2.45, 2.75) is 36.4 Å². The Bertz CT molecular complexity index is 519. The molecule has 7 nitrogen and oxygen atoms in total. The van der Waals surface area contributed by atoms with Crippen LogP contribution in [0.3, 0.4) is 0 Å². The van der Waals surface area contributed by atoms with Crippen molar-refractivity contribution in [2.24, 2.45) is 16.6 Å². The average Bonchev–Trinajstić information content (AvgIpc) is 2.84. The third-order valence-corrected chi connectivity index (χ3v) is 4.92. The summed E-state index contributed by atoms with van der Waals surface area (Å²) in [4.78, 5) is 17.3. The molecule has 1 aromatic rings. The highest BCUT2D eigenvalue weighted by atomic mass is 16.3. The summed E-state index contributed by atoms with van der Waals surface area (Å²) in [6.07, 6.45) is 4.24. The quantitative estimate of drug-likeness (QED) is 0.695. The van der Waals surface area contributed by atoms with Crippen LogP contribution in [0, 0.1) is 4.91 Å². The fraction of sp³-hybridized carbons (Fsp3) is 0.643. The second-order valence-electron chi connectivity index (χ2n) is 6.40. The second kappa shape index (κ2) is 5.01. The minimum absolute atomic E-state index is 0.0703.